The molecule has 2 N–H and O–H groups in total. The lowest BCUT2D eigenvalue weighted by Gasteiger charge is -2.07. The first-order chi connectivity index (χ1) is 7.22. The van der Waals surface area contributed by atoms with Crippen molar-refractivity contribution in [2.45, 2.75) is 0 Å². The van der Waals surface area contributed by atoms with Gasteiger partial charge in [0.25, 0.3) is 0 Å². The van der Waals surface area contributed by atoms with Crippen molar-refractivity contribution in [2.75, 3.05) is 12.8 Å². The molecule has 0 saturated carbocycles. The number of hydrogen-bond acceptors (Lipinski definition) is 2. The Bertz CT molecular complexity index is 405. The zero-order valence-corrected chi connectivity index (χ0v) is 8.86. The van der Waals surface area contributed by atoms with E-state index in [1.54, 1.807) is 19.3 Å². The molecule has 0 aliphatic carbocycles. The van der Waals surface area contributed by atoms with Gasteiger partial charge in [0, 0.05) is 0 Å². The monoisotopic (exact) mass is 201 g/mol. The predicted molar refractivity (Wildman–Crippen MR) is 65.8 cm³/mol. The molecule has 0 unspecified atom stereocenters. The van der Waals surface area contributed by atoms with Crippen molar-refractivity contribution >= 4 is 11.3 Å². The van der Waals surface area contributed by atoms with Gasteiger partial charge in [-0.25, -0.2) is 0 Å². The van der Waals surface area contributed by atoms with Crippen LogP contribution in [0.2, 0.25) is 0 Å². The summed E-state index contributed by atoms with van der Waals surface area (Å²) in [5, 5.41) is 0. The average Bonchev–Trinajstić information content (AvgIpc) is 2.25. The molecular formula is C13H15NO. The summed E-state index contributed by atoms with van der Waals surface area (Å²) in [6, 6.07) is 5.63. The fraction of sp³-hybridized carbons (Fsp3) is 0.0769. The third-order valence-corrected chi connectivity index (χ3v) is 2.08. The minimum absolute atomic E-state index is 0.617. The van der Waals surface area contributed by atoms with Crippen LogP contribution in [-0.4, -0.2) is 7.11 Å². The van der Waals surface area contributed by atoms with Crippen LogP contribution >= 0.6 is 0 Å². The van der Waals surface area contributed by atoms with Gasteiger partial charge in [-0.2, -0.15) is 0 Å². The fourth-order valence-corrected chi connectivity index (χ4v) is 1.32. The van der Waals surface area contributed by atoms with Crippen LogP contribution in [0.25, 0.3) is 5.57 Å². The summed E-state index contributed by atoms with van der Waals surface area (Å²) < 4.78 is 5.08. The second kappa shape index (κ2) is 5.05. The summed E-state index contributed by atoms with van der Waals surface area (Å²) >= 11 is 0. The molecule has 0 atom stereocenters. The summed E-state index contributed by atoms with van der Waals surface area (Å²) in [6.07, 6.45) is 5.37. The summed E-state index contributed by atoms with van der Waals surface area (Å²) in [5.41, 5.74) is 8.41. The van der Waals surface area contributed by atoms with E-state index in [0.29, 0.717) is 11.4 Å². The minimum Gasteiger partial charge on any atom is -0.495 e. The number of benzene rings is 1. The maximum absolute atomic E-state index is 5.81. The van der Waals surface area contributed by atoms with E-state index < -0.39 is 0 Å². The van der Waals surface area contributed by atoms with E-state index in [1.165, 1.54) is 0 Å². The molecule has 0 spiro atoms. The zero-order chi connectivity index (χ0) is 11.3. The van der Waals surface area contributed by atoms with Gasteiger partial charge in [0.05, 0.1) is 12.8 Å². The Morgan fingerprint density at radius 3 is 2.60 bits per heavy atom. The van der Waals surface area contributed by atoms with Crippen molar-refractivity contribution in [3.8, 4) is 5.75 Å². The number of nitrogen functional groups attached to an aromatic ring is 1. The molecular weight excluding hydrogens is 186 g/mol. The maximum Gasteiger partial charge on any atom is 0.141 e. The minimum atomic E-state index is 0.617. The van der Waals surface area contributed by atoms with Gasteiger partial charge in [-0.3, -0.25) is 0 Å². The molecule has 1 aromatic rings. The molecule has 0 aliphatic heterocycles. The highest BCUT2D eigenvalue weighted by atomic mass is 16.5. The van der Waals surface area contributed by atoms with Crippen LogP contribution < -0.4 is 10.5 Å². The van der Waals surface area contributed by atoms with Crippen LogP contribution in [0.3, 0.4) is 0 Å². The third kappa shape index (κ3) is 2.50. The Balaban J connectivity index is 3.16. The van der Waals surface area contributed by atoms with Crippen molar-refractivity contribution in [1.82, 2.24) is 0 Å². The van der Waals surface area contributed by atoms with E-state index in [-0.39, 0.29) is 0 Å². The zero-order valence-electron chi connectivity index (χ0n) is 8.86. The fourth-order valence-electron chi connectivity index (χ4n) is 1.32. The lowest BCUT2D eigenvalue weighted by atomic mass is 10.0. The number of nitrogens with two attached hydrogens (primary N) is 1. The lowest BCUT2D eigenvalue weighted by molar-refractivity contribution is 0.417. The second-order valence-corrected chi connectivity index (χ2v) is 3.02. The van der Waals surface area contributed by atoms with Gasteiger partial charge in [-0.1, -0.05) is 37.5 Å². The summed E-state index contributed by atoms with van der Waals surface area (Å²) in [6.45, 7) is 7.39. The summed E-state index contributed by atoms with van der Waals surface area (Å²) in [5.74, 6) is 0.681. The number of rotatable bonds is 4. The van der Waals surface area contributed by atoms with Crippen molar-refractivity contribution in [1.29, 1.82) is 0 Å². The molecule has 0 radical (unpaired) electrons. The van der Waals surface area contributed by atoms with E-state index >= 15 is 0 Å². The number of hydrogen-bond donors (Lipinski definition) is 1. The van der Waals surface area contributed by atoms with E-state index in [4.69, 9.17) is 10.5 Å². The first-order valence-electron chi connectivity index (χ1n) is 4.62. The highest BCUT2D eigenvalue weighted by Gasteiger charge is 2.02. The number of allylic oxidation sites excluding steroid dienone is 4. The number of ether oxygens (including phenoxy) is 1. The lowest BCUT2D eigenvalue weighted by Crippen LogP contribution is -1.93. The number of anilines is 1. The van der Waals surface area contributed by atoms with Crippen molar-refractivity contribution in [3.05, 3.63) is 55.1 Å². The van der Waals surface area contributed by atoms with Gasteiger partial charge in [-0.05, 0) is 23.3 Å². The molecule has 78 valence electrons. The Hall–Kier alpha value is -1.96. The average molecular weight is 201 g/mol. The number of methoxy groups -OCH3 is 1. The molecule has 0 bridgehead atoms. The van der Waals surface area contributed by atoms with Crippen molar-refractivity contribution < 1.29 is 4.74 Å². The molecule has 0 heterocycles. The van der Waals surface area contributed by atoms with Crippen LogP contribution in [-0.2, 0) is 0 Å². The van der Waals surface area contributed by atoms with Crippen LogP contribution in [0.4, 0.5) is 5.69 Å². The van der Waals surface area contributed by atoms with Gasteiger partial charge in [0.1, 0.15) is 5.75 Å². The Morgan fingerprint density at radius 2 is 2.13 bits per heavy atom. The van der Waals surface area contributed by atoms with Crippen LogP contribution in [0.15, 0.2) is 49.6 Å². The molecule has 1 aromatic carbocycles. The van der Waals surface area contributed by atoms with Gasteiger partial charge < -0.3 is 10.5 Å². The summed E-state index contributed by atoms with van der Waals surface area (Å²) in [7, 11) is 1.60. The predicted octanol–water partition coefficient (Wildman–Crippen LogP) is 3.03. The Kier molecular flexibility index (Phi) is 3.75. The quantitative estimate of drug-likeness (QED) is 0.600. The smallest absolute Gasteiger partial charge is 0.141 e. The Labute approximate surface area is 90.4 Å². The van der Waals surface area contributed by atoms with Crippen LogP contribution in [0.1, 0.15) is 5.56 Å². The molecule has 15 heavy (non-hydrogen) atoms. The van der Waals surface area contributed by atoms with Crippen LogP contribution in [0, 0.1) is 0 Å². The van der Waals surface area contributed by atoms with Crippen molar-refractivity contribution in [3.63, 3.8) is 0 Å². The SMILES string of the molecule is C=C/C=C(\C=C)c1ccc(OC)c(N)c1. The molecule has 1 rings (SSSR count). The summed E-state index contributed by atoms with van der Waals surface area (Å²) in [4.78, 5) is 0. The Morgan fingerprint density at radius 1 is 1.40 bits per heavy atom. The standard InChI is InChI=1S/C13H15NO/c1-4-6-10(5-2)11-7-8-13(15-3)12(14)9-11/h4-9H,1-2,14H2,3H3/b10-6+. The highest BCUT2D eigenvalue weighted by molar-refractivity contribution is 5.77. The van der Waals surface area contributed by atoms with Crippen LogP contribution in [0.5, 0.6) is 5.75 Å². The first kappa shape index (κ1) is 11.1. The third-order valence-electron chi connectivity index (χ3n) is 2.08. The topological polar surface area (TPSA) is 35.2 Å². The van der Waals surface area contributed by atoms with Crippen molar-refractivity contribution in [2.24, 2.45) is 0 Å². The molecule has 2 nitrogen and oxygen atoms in total. The molecule has 0 amide bonds. The van der Waals surface area contributed by atoms with Gasteiger partial charge in [0.15, 0.2) is 0 Å². The molecule has 0 fully saturated rings. The molecule has 0 saturated heterocycles. The molecule has 0 aliphatic rings. The van der Waals surface area contributed by atoms with Gasteiger partial charge in [-0.15, -0.1) is 0 Å². The second-order valence-electron chi connectivity index (χ2n) is 3.02. The highest BCUT2D eigenvalue weighted by Crippen LogP contribution is 2.26. The first-order valence-corrected chi connectivity index (χ1v) is 4.62. The molecule has 2 heteroatoms. The van der Waals surface area contributed by atoms with Gasteiger partial charge in [0.2, 0.25) is 0 Å². The largest absolute Gasteiger partial charge is 0.495 e. The van der Waals surface area contributed by atoms with E-state index in [1.807, 2.05) is 24.3 Å². The van der Waals surface area contributed by atoms with E-state index in [0.717, 1.165) is 11.1 Å². The van der Waals surface area contributed by atoms with Gasteiger partial charge >= 0.3 is 0 Å². The maximum atomic E-state index is 5.81. The van der Waals surface area contributed by atoms with E-state index in [9.17, 15) is 0 Å². The molecule has 0 aromatic heterocycles. The normalized spacial score (nSPS) is 10.9. The van der Waals surface area contributed by atoms with E-state index in [2.05, 4.69) is 13.2 Å².